The zero-order valence-corrected chi connectivity index (χ0v) is 16.7. The standard InChI is InChI=1S/C23H18ClN3S/c24-18-10-12-19(13-11-18)28-22-20-5-3-15-26-23(20)27-21(22)17-8-6-16(7-9-17)4-1-2-14-25/h3,5-13,15H,1-2,4H2,(H,26,27). The number of fused-ring (bicyclic) bond motifs is 1. The molecule has 5 heteroatoms. The molecule has 4 rings (SSSR count). The van der Waals surface area contributed by atoms with E-state index in [1.165, 1.54) is 5.56 Å². The molecule has 0 aliphatic carbocycles. The van der Waals surface area contributed by atoms with Crippen molar-refractivity contribution in [2.45, 2.75) is 29.1 Å². The second-order valence-electron chi connectivity index (χ2n) is 6.49. The minimum absolute atomic E-state index is 0.595. The second kappa shape index (κ2) is 8.52. The van der Waals surface area contributed by atoms with Crippen LogP contribution in [0.3, 0.4) is 0 Å². The number of nitriles is 1. The predicted octanol–water partition coefficient (Wildman–Crippen LogP) is 6.88. The Morgan fingerprint density at radius 1 is 1.04 bits per heavy atom. The average Bonchev–Trinajstić information content (AvgIpc) is 3.09. The van der Waals surface area contributed by atoms with Gasteiger partial charge in [-0.3, -0.25) is 0 Å². The summed E-state index contributed by atoms with van der Waals surface area (Å²) in [6.07, 6.45) is 4.22. The number of H-pyrrole nitrogens is 1. The molecule has 0 amide bonds. The van der Waals surface area contributed by atoms with E-state index < -0.39 is 0 Å². The van der Waals surface area contributed by atoms with Gasteiger partial charge in [0.25, 0.3) is 0 Å². The highest BCUT2D eigenvalue weighted by molar-refractivity contribution is 7.99. The fraction of sp³-hybridized carbons (Fsp3) is 0.130. The van der Waals surface area contributed by atoms with Crippen molar-refractivity contribution in [3.05, 3.63) is 77.4 Å². The molecule has 1 N–H and O–H groups in total. The summed E-state index contributed by atoms with van der Waals surface area (Å²) in [6, 6.07) is 22.7. The number of hydrogen-bond donors (Lipinski definition) is 1. The molecule has 0 aliphatic heterocycles. The van der Waals surface area contributed by atoms with Crippen LogP contribution < -0.4 is 0 Å². The Hall–Kier alpha value is -2.74. The van der Waals surface area contributed by atoms with E-state index in [0.29, 0.717) is 6.42 Å². The van der Waals surface area contributed by atoms with E-state index in [0.717, 1.165) is 49.9 Å². The molecule has 138 valence electrons. The van der Waals surface area contributed by atoms with Crippen LogP contribution in [0.5, 0.6) is 0 Å². The minimum Gasteiger partial charge on any atom is -0.338 e. The molecule has 2 heterocycles. The smallest absolute Gasteiger partial charge is 0.138 e. The zero-order chi connectivity index (χ0) is 19.3. The van der Waals surface area contributed by atoms with Crippen molar-refractivity contribution in [3.8, 4) is 17.3 Å². The first-order valence-electron chi connectivity index (χ1n) is 9.11. The number of nitrogens with zero attached hydrogens (tertiary/aromatic N) is 2. The van der Waals surface area contributed by atoms with E-state index in [2.05, 4.69) is 46.4 Å². The van der Waals surface area contributed by atoms with Gasteiger partial charge in [0.05, 0.1) is 11.8 Å². The lowest BCUT2D eigenvalue weighted by molar-refractivity contribution is 0.850. The van der Waals surface area contributed by atoms with E-state index in [4.69, 9.17) is 16.9 Å². The fourth-order valence-electron chi connectivity index (χ4n) is 3.14. The van der Waals surface area contributed by atoms with Gasteiger partial charge < -0.3 is 4.98 Å². The minimum atomic E-state index is 0.595. The zero-order valence-electron chi connectivity index (χ0n) is 15.2. The SMILES string of the molecule is N#CCCCc1ccc(-c2[nH]c3ncccc3c2Sc2ccc(Cl)cc2)cc1. The van der Waals surface area contributed by atoms with Crippen molar-refractivity contribution in [3.63, 3.8) is 0 Å². The fourth-order valence-corrected chi connectivity index (χ4v) is 4.32. The summed E-state index contributed by atoms with van der Waals surface area (Å²) in [5, 5.41) is 10.5. The van der Waals surface area contributed by atoms with Crippen molar-refractivity contribution in [2.24, 2.45) is 0 Å². The molecule has 0 radical (unpaired) electrons. The van der Waals surface area contributed by atoms with Crippen LogP contribution in [0.25, 0.3) is 22.3 Å². The van der Waals surface area contributed by atoms with Crippen LogP contribution in [0.4, 0.5) is 0 Å². The molecule has 0 saturated heterocycles. The molecule has 0 aliphatic rings. The molecule has 4 aromatic rings. The van der Waals surface area contributed by atoms with Gasteiger partial charge in [0, 0.05) is 32.8 Å². The number of pyridine rings is 1. The second-order valence-corrected chi connectivity index (χ2v) is 8.01. The number of hydrogen-bond acceptors (Lipinski definition) is 3. The third-order valence-electron chi connectivity index (χ3n) is 4.55. The summed E-state index contributed by atoms with van der Waals surface area (Å²) in [6.45, 7) is 0. The highest BCUT2D eigenvalue weighted by Crippen LogP contribution is 2.41. The third-order valence-corrected chi connectivity index (χ3v) is 5.94. The van der Waals surface area contributed by atoms with Gasteiger partial charge in [0.15, 0.2) is 0 Å². The predicted molar refractivity (Wildman–Crippen MR) is 116 cm³/mol. The topological polar surface area (TPSA) is 52.5 Å². The van der Waals surface area contributed by atoms with Crippen molar-refractivity contribution in [1.82, 2.24) is 9.97 Å². The van der Waals surface area contributed by atoms with Crippen molar-refractivity contribution >= 4 is 34.4 Å². The van der Waals surface area contributed by atoms with E-state index in [9.17, 15) is 0 Å². The van der Waals surface area contributed by atoms with Gasteiger partial charge >= 0.3 is 0 Å². The van der Waals surface area contributed by atoms with Crippen LogP contribution in [0.15, 0.2) is 76.7 Å². The molecular formula is C23H18ClN3S. The van der Waals surface area contributed by atoms with Crippen LogP contribution in [-0.2, 0) is 6.42 Å². The number of aromatic amines is 1. The summed E-state index contributed by atoms with van der Waals surface area (Å²) in [5.74, 6) is 0. The van der Waals surface area contributed by atoms with E-state index in [-0.39, 0.29) is 0 Å². The molecule has 3 nitrogen and oxygen atoms in total. The molecule has 2 aromatic heterocycles. The van der Waals surface area contributed by atoms with Crippen molar-refractivity contribution in [2.75, 3.05) is 0 Å². The van der Waals surface area contributed by atoms with Gasteiger partial charge in [0.2, 0.25) is 0 Å². The lowest BCUT2D eigenvalue weighted by Gasteiger charge is -2.07. The van der Waals surface area contributed by atoms with Crippen LogP contribution in [0.2, 0.25) is 5.02 Å². The maximum absolute atomic E-state index is 8.70. The van der Waals surface area contributed by atoms with E-state index in [1.54, 1.807) is 18.0 Å². The molecule has 2 aromatic carbocycles. The number of aromatic nitrogens is 2. The van der Waals surface area contributed by atoms with E-state index >= 15 is 0 Å². The summed E-state index contributed by atoms with van der Waals surface area (Å²) in [7, 11) is 0. The number of halogens is 1. The van der Waals surface area contributed by atoms with Gasteiger partial charge in [-0.2, -0.15) is 5.26 Å². The first-order chi connectivity index (χ1) is 13.7. The maximum atomic E-state index is 8.70. The molecule has 0 atom stereocenters. The van der Waals surface area contributed by atoms with Crippen molar-refractivity contribution < 1.29 is 0 Å². The van der Waals surface area contributed by atoms with Gasteiger partial charge in [-0.25, -0.2) is 4.98 Å². The summed E-state index contributed by atoms with van der Waals surface area (Å²) in [4.78, 5) is 10.3. The molecule has 0 fully saturated rings. The quantitative estimate of drug-likeness (QED) is 0.357. The maximum Gasteiger partial charge on any atom is 0.138 e. The van der Waals surface area contributed by atoms with Crippen molar-refractivity contribution in [1.29, 1.82) is 5.26 Å². The highest BCUT2D eigenvalue weighted by Gasteiger charge is 2.15. The Bertz CT molecular complexity index is 1130. The number of unbranched alkanes of at least 4 members (excludes halogenated alkanes) is 1. The number of rotatable bonds is 6. The van der Waals surface area contributed by atoms with Crippen LogP contribution in [0, 0.1) is 11.3 Å². The first-order valence-corrected chi connectivity index (χ1v) is 10.3. The van der Waals surface area contributed by atoms with Crippen LogP contribution in [0.1, 0.15) is 18.4 Å². The largest absolute Gasteiger partial charge is 0.338 e. The number of benzene rings is 2. The van der Waals surface area contributed by atoms with Gasteiger partial charge in [-0.05, 0) is 60.4 Å². The van der Waals surface area contributed by atoms with Crippen LogP contribution >= 0.6 is 23.4 Å². The Morgan fingerprint density at radius 3 is 2.57 bits per heavy atom. The Kier molecular flexibility index (Phi) is 5.66. The molecule has 0 spiro atoms. The molecule has 0 saturated carbocycles. The Balaban J connectivity index is 1.70. The number of aryl methyl sites for hydroxylation is 1. The third kappa shape index (κ3) is 4.06. The van der Waals surface area contributed by atoms with Crippen LogP contribution in [-0.4, -0.2) is 9.97 Å². The summed E-state index contributed by atoms with van der Waals surface area (Å²) >= 11 is 7.74. The lowest BCUT2D eigenvalue weighted by atomic mass is 10.0. The molecule has 0 bridgehead atoms. The molecule has 0 unspecified atom stereocenters. The first kappa shape index (κ1) is 18.6. The van der Waals surface area contributed by atoms with Gasteiger partial charge in [0.1, 0.15) is 5.65 Å². The molecule has 28 heavy (non-hydrogen) atoms. The molecular weight excluding hydrogens is 386 g/mol. The Morgan fingerprint density at radius 2 is 1.82 bits per heavy atom. The highest BCUT2D eigenvalue weighted by atomic mass is 35.5. The summed E-state index contributed by atoms with van der Waals surface area (Å²) < 4.78 is 0. The summed E-state index contributed by atoms with van der Waals surface area (Å²) in [5.41, 5.74) is 4.32. The van der Waals surface area contributed by atoms with Gasteiger partial charge in [-0.15, -0.1) is 0 Å². The van der Waals surface area contributed by atoms with Gasteiger partial charge in [-0.1, -0.05) is 47.6 Å². The Labute approximate surface area is 173 Å². The lowest BCUT2D eigenvalue weighted by Crippen LogP contribution is -1.86. The normalized spacial score (nSPS) is 10.9. The monoisotopic (exact) mass is 403 g/mol. The average molecular weight is 404 g/mol. The van der Waals surface area contributed by atoms with E-state index in [1.807, 2.05) is 30.3 Å². The number of nitrogens with one attached hydrogen (secondary N) is 1.